The molecule has 0 fully saturated rings. The summed E-state index contributed by atoms with van der Waals surface area (Å²) in [5.74, 6) is 1.82. The van der Waals surface area contributed by atoms with E-state index in [2.05, 4.69) is 20.1 Å². The maximum atomic E-state index is 12.4. The molecule has 1 aromatic heterocycles. The van der Waals surface area contributed by atoms with Crippen LogP contribution in [0.4, 0.5) is 0 Å². The van der Waals surface area contributed by atoms with Crippen LogP contribution in [0, 0.1) is 0 Å². The third-order valence-corrected chi connectivity index (χ3v) is 4.35. The summed E-state index contributed by atoms with van der Waals surface area (Å²) >= 11 is 0. The smallest absolute Gasteiger partial charge is 0.251 e. The quantitative estimate of drug-likeness (QED) is 0.808. The Bertz CT molecular complexity index is 842. The predicted molar refractivity (Wildman–Crippen MR) is 91.5 cm³/mol. The van der Waals surface area contributed by atoms with Gasteiger partial charge in [0.15, 0.2) is 5.82 Å². The van der Waals surface area contributed by atoms with E-state index in [0.29, 0.717) is 12.1 Å². The number of rotatable bonds is 3. The number of hydrogen-bond donors (Lipinski definition) is 1. The molecule has 1 amide bonds. The summed E-state index contributed by atoms with van der Waals surface area (Å²) < 4.78 is 2.12. The molecule has 0 spiro atoms. The lowest BCUT2D eigenvalue weighted by Crippen LogP contribution is -2.41. The number of benzene rings is 2. The third-order valence-electron chi connectivity index (χ3n) is 4.35. The molecule has 1 atom stereocenters. The van der Waals surface area contributed by atoms with Crippen LogP contribution in [0.15, 0.2) is 60.7 Å². The molecule has 0 bridgehead atoms. The van der Waals surface area contributed by atoms with Crippen molar-refractivity contribution < 1.29 is 4.79 Å². The first-order valence-electron chi connectivity index (χ1n) is 8.14. The first-order chi connectivity index (χ1) is 11.8. The van der Waals surface area contributed by atoms with Gasteiger partial charge in [0.1, 0.15) is 5.82 Å². The van der Waals surface area contributed by atoms with Crippen LogP contribution in [0.1, 0.15) is 22.6 Å². The minimum Gasteiger partial charge on any atom is -0.347 e. The van der Waals surface area contributed by atoms with Crippen LogP contribution < -0.4 is 5.32 Å². The highest BCUT2D eigenvalue weighted by atomic mass is 16.1. The Labute approximate surface area is 140 Å². The van der Waals surface area contributed by atoms with Crippen molar-refractivity contribution >= 4 is 5.91 Å². The summed E-state index contributed by atoms with van der Waals surface area (Å²) in [4.78, 5) is 12.4. The average molecular weight is 318 g/mol. The van der Waals surface area contributed by atoms with Crippen molar-refractivity contribution in [3.8, 4) is 11.4 Å². The van der Waals surface area contributed by atoms with Crippen molar-refractivity contribution in [2.45, 2.75) is 25.4 Å². The molecule has 5 heteroatoms. The highest BCUT2D eigenvalue weighted by molar-refractivity contribution is 5.94. The van der Waals surface area contributed by atoms with E-state index >= 15 is 0 Å². The van der Waals surface area contributed by atoms with Gasteiger partial charge in [0.05, 0.1) is 0 Å². The number of carbonyl (C=O) groups excluding carboxylic acids is 1. The Morgan fingerprint density at radius 3 is 2.46 bits per heavy atom. The predicted octanol–water partition coefficient (Wildman–Crippen LogP) is 2.69. The second kappa shape index (κ2) is 6.28. The number of amides is 1. The van der Waals surface area contributed by atoms with Gasteiger partial charge >= 0.3 is 0 Å². The van der Waals surface area contributed by atoms with E-state index in [4.69, 9.17) is 0 Å². The number of aryl methyl sites for hydroxylation is 1. The zero-order chi connectivity index (χ0) is 16.4. The fraction of sp³-hybridized carbons (Fsp3) is 0.211. The number of carbonyl (C=O) groups is 1. The van der Waals surface area contributed by atoms with Crippen molar-refractivity contribution in [2.24, 2.45) is 0 Å². The summed E-state index contributed by atoms with van der Waals surface area (Å²) in [5, 5.41) is 11.8. The van der Waals surface area contributed by atoms with Crippen LogP contribution >= 0.6 is 0 Å². The second-order valence-corrected chi connectivity index (χ2v) is 5.99. The minimum absolute atomic E-state index is 0.0293. The van der Waals surface area contributed by atoms with Crippen LogP contribution in [-0.4, -0.2) is 26.7 Å². The van der Waals surface area contributed by atoms with Crippen LogP contribution in [0.2, 0.25) is 0 Å². The molecule has 0 saturated carbocycles. The molecule has 2 heterocycles. The number of aromatic nitrogens is 3. The number of hydrogen-bond acceptors (Lipinski definition) is 3. The molecule has 4 rings (SSSR count). The normalized spacial score (nSPS) is 16.4. The van der Waals surface area contributed by atoms with E-state index in [9.17, 15) is 4.79 Å². The molecule has 2 aromatic carbocycles. The Morgan fingerprint density at radius 1 is 1.00 bits per heavy atom. The van der Waals surface area contributed by atoms with E-state index in [1.165, 1.54) is 0 Å². The zero-order valence-corrected chi connectivity index (χ0v) is 13.2. The van der Waals surface area contributed by atoms with E-state index in [-0.39, 0.29) is 11.9 Å². The van der Waals surface area contributed by atoms with Gasteiger partial charge in [-0.2, -0.15) is 0 Å². The Morgan fingerprint density at radius 2 is 1.71 bits per heavy atom. The van der Waals surface area contributed by atoms with Crippen LogP contribution in [0.25, 0.3) is 11.4 Å². The van der Waals surface area contributed by atoms with E-state index in [0.717, 1.165) is 30.1 Å². The van der Waals surface area contributed by atoms with E-state index in [1.807, 2.05) is 60.7 Å². The standard InChI is InChI=1S/C19H18N4O/c24-19(15-9-5-2-6-10-15)20-16-11-12-17-21-22-18(23(17)13-16)14-7-3-1-4-8-14/h1-10,16H,11-13H2,(H,20,24)/t16-/m1/s1. The maximum absolute atomic E-state index is 12.4. The molecule has 1 aliphatic heterocycles. The van der Waals surface area contributed by atoms with Gasteiger partial charge < -0.3 is 9.88 Å². The molecule has 120 valence electrons. The molecule has 0 radical (unpaired) electrons. The Hall–Kier alpha value is -2.95. The van der Waals surface area contributed by atoms with Crippen LogP contribution in [0.3, 0.4) is 0 Å². The molecule has 0 saturated heterocycles. The fourth-order valence-corrected chi connectivity index (χ4v) is 3.10. The second-order valence-electron chi connectivity index (χ2n) is 5.99. The molecule has 24 heavy (non-hydrogen) atoms. The lowest BCUT2D eigenvalue weighted by molar-refractivity contribution is 0.0927. The van der Waals surface area contributed by atoms with Crippen molar-refractivity contribution in [3.05, 3.63) is 72.1 Å². The molecule has 1 N–H and O–H groups in total. The maximum Gasteiger partial charge on any atom is 0.251 e. The van der Waals surface area contributed by atoms with Crippen molar-refractivity contribution in [1.82, 2.24) is 20.1 Å². The van der Waals surface area contributed by atoms with Gasteiger partial charge in [0.2, 0.25) is 0 Å². The largest absolute Gasteiger partial charge is 0.347 e. The highest BCUT2D eigenvalue weighted by Crippen LogP contribution is 2.23. The lowest BCUT2D eigenvalue weighted by Gasteiger charge is -2.25. The topological polar surface area (TPSA) is 59.8 Å². The number of fused-ring (bicyclic) bond motifs is 1. The summed E-state index contributed by atoms with van der Waals surface area (Å²) in [6.45, 7) is 0.700. The molecule has 3 aromatic rings. The summed E-state index contributed by atoms with van der Waals surface area (Å²) in [7, 11) is 0. The zero-order valence-electron chi connectivity index (χ0n) is 13.2. The van der Waals surface area contributed by atoms with Gasteiger partial charge in [-0.25, -0.2) is 0 Å². The summed E-state index contributed by atoms with van der Waals surface area (Å²) in [6.07, 6.45) is 1.70. The van der Waals surface area contributed by atoms with Crippen LogP contribution in [0.5, 0.6) is 0 Å². The first-order valence-corrected chi connectivity index (χ1v) is 8.14. The Balaban J connectivity index is 1.53. The molecular formula is C19H18N4O. The first kappa shape index (κ1) is 14.6. The van der Waals surface area contributed by atoms with Crippen molar-refractivity contribution in [1.29, 1.82) is 0 Å². The minimum atomic E-state index is -0.0293. The lowest BCUT2D eigenvalue weighted by atomic mass is 10.1. The average Bonchev–Trinajstić information content (AvgIpc) is 3.06. The SMILES string of the molecule is O=C(N[C@@H]1CCc2nnc(-c3ccccc3)n2C1)c1ccccc1. The molecule has 0 unspecified atom stereocenters. The van der Waals surface area contributed by atoms with Crippen molar-refractivity contribution in [2.75, 3.05) is 0 Å². The van der Waals surface area contributed by atoms with Gasteiger partial charge in [0.25, 0.3) is 5.91 Å². The Kier molecular flexibility index (Phi) is 3.83. The third kappa shape index (κ3) is 2.80. The summed E-state index contributed by atoms with van der Waals surface area (Å²) in [6, 6.07) is 19.4. The molecule has 5 nitrogen and oxygen atoms in total. The van der Waals surface area contributed by atoms with Gasteiger partial charge in [-0.05, 0) is 18.6 Å². The number of nitrogens with zero attached hydrogens (tertiary/aromatic N) is 3. The summed E-state index contributed by atoms with van der Waals surface area (Å²) in [5.41, 5.74) is 1.74. The van der Waals surface area contributed by atoms with Gasteiger partial charge in [-0.3, -0.25) is 4.79 Å². The fourth-order valence-electron chi connectivity index (χ4n) is 3.10. The van der Waals surface area contributed by atoms with Gasteiger partial charge in [-0.1, -0.05) is 48.5 Å². The monoisotopic (exact) mass is 318 g/mol. The van der Waals surface area contributed by atoms with E-state index < -0.39 is 0 Å². The van der Waals surface area contributed by atoms with E-state index in [1.54, 1.807) is 0 Å². The van der Waals surface area contributed by atoms with Gasteiger partial charge in [0, 0.05) is 30.1 Å². The van der Waals surface area contributed by atoms with Crippen LogP contribution in [-0.2, 0) is 13.0 Å². The molecule has 0 aliphatic carbocycles. The molecular weight excluding hydrogens is 300 g/mol. The highest BCUT2D eigenvalue weighted by Gasteiger charge is 2.24. The molecule has 1 aliphatic rings. The van der Waals surface area contributed by atoms with Crippen molar-refractivity contribution in [3.63, 3.8) is 0 Å². The number of nitrogens with one attached hydrogen (secondary N) is 1. The van der Waals surface area contributed by atoms with Gasteiger partial charge in [-0.15, -0.1) is 10.2 Å².